The molecule has 1 fully saturated rings. The molecule has 0 saturated carbocycles. The lowest BCUT2D eigenvalue weighted by Gasteiger charge is -2.10. The number of amides is 3. The summed E-state index contributed by atoms with van der Waals surface area (Å²) in [5.74, 6) is -0.485. The Labute approximate surface area is 143 Å². The van der Waals surface area contributed by atoms with Gasteiger partial charge < -0.3 is 9.88 Å². The molecule has 8 nitrogen and oxygen atoms in total. The summed E-state index contributed by atoms with van der Waals surface area (Å²) in [5, 5.41) is 15.8. The van der Waals surface area contributed by atoms with Crippen LogP contribution < -0.4 is 10.6 Å². The van der Waals surface area contributed by atoms with Crippen LogP contribution >= 0.6 is 0 Å². The van der Waals surface area contributed by atoms with Gasteiger partial charge in [-0.15, -0.1) is 0 Å². The number of aryl methyl sites for hydroxylation is 2. The molecule has 25 heavy (non-hydrogen) atoms. The molecule has 2 heterocycles. The van der Waals surface area contributed by atoms with Crippen molar-refractivity contribution >= 4 is 23.7 Å². The number of nitrogens with zero attached hydrogens (tertiary/aromatic N) is 2. The molecule has 0 bridgehead atoms. The van der Waals surface area contributed by atoms with E-state index in [2.05, 4.69) is 10.6 Å². The van der Waals surface area contributed by atoms with Gasteiger partial charge in [-0.2, -0.15) is 0 Å². The molecule has 1 aliphatic rings. The molecule has 128 valence electrons. The van der Waals surface area contributed by atoms with Crippen LogP contribution in [0, 0.1) is 30.9 Å². The molecule has 1 aliphatic heterocycles. The lowest BCUT2D eigenvalue weighted by Crippen LogP contribution is -2.22. The third kappa shape index (κ3) is 2.89. The molecular weight excluding hydrogens is 324 g/mol. The summed E-state index contributed by atoms with van der Waals surface area (Å²) >= 11 is 0. The number of carbonyl (C=O) groups is 2. The zero-order valence-electron chi connectivity index (χ0n) is 13.9. The lowest BCUT2D eigenvalue weighted by atomic mass is 10.1. The maximum Gasteiger partial charge on any atom is 0.326 e. The number of urea groups is 1. The highest BCUT2D eigenvalue weighted by Crippen LogP contribution is 2.27. The van der Waals surface area contributed by atoms with Crippen molar-refractivity contribution in [3.63, 3.8) is 0 Å². The maximum absolute atomic E-state index is 11.7. The zero-order valence-corrected chi connectivity index (χ0v) is 13.9. The van der Waals surface area contributed by atoms with Crippen molar-refractivity contribution in [2.45, 2.75) is 20.8 Å². The molecule has 8 heteroatoms. The molecule has 0 radical (unpaired) electrons. The van der Waals surface area contributed by atoms with Crippen molar-refractivity contribution in [3.8, 4) is 5.69 Å². The van der Waals surface area contributed by atoms with Gasteiger partial charge in [0.05, 0.1) is 10.6 Å². The fraction of sp³-hybridized carbons (Fsp3) is 0.176. The van der Waals surface area contributed by atoms with E-state index in [1.165, 1.54) is 6.07 Å². The van der Waals surface area contributed by atoms with Crippen LogP contribution in [0.5, 0.6) is 0 Å². The SMILES string of the molecule is Cc1ccc(-n2c(C)cc(/C=C3\NC(=O)NC3=O)c2C)cc1[N+](=O)[O-]. The topological polar surface area (TPSA) is 106 Å². The number of imide groups is 1. The van der Waals surface area contributed by atoms with Gasteiger partial charge in [-0.3, -0.25) is 20.2 Å². The number of nitro benzene ring substituents is 1. The summed E-state index contributed by atoms with van der Waals surface area (Å²) in [7, 11) is 0. The molecule has 3 amide bonds. The van der Waals surface area contributed by atoms with Gasteiger partial charge in [0.1, 0.15) is 5.70 Å². The Morgan fingerprint density at radius 2 is 1.84 bits per heavy atom. The van der Waals surface area contributed by atoms with Crippen LogP contribution in [0.15, 0.2) is 30.0 Å². The molecule has 0 atom stereocenters. The predicted octanol–water partition coefficient (Wildman–Crippen LogP) is 2.49. The molecule has 1 aromatic heterocycles. The highest BCUT2D eigenvalue weighted by Gasteiger charge is 2.23. The second kappa shape index (κ2) is 5.90. The molecule has 1 saturated heterocycles. The van der Waals surface area contributed by atoms with E-state index in [9.17, 15) is 19.7 Å². The van der Waals surface area contributed by atoms with Crippen LogP contribution in [-0.2, 0) is 4.79 Å². The molecule has 1 aromatic carbocycles. The number of hydrogen-bond donors (Lipinski definition) is 2. The second-order valence-electron chi connectivity index (χ2n) is 5.86. The average Bonchev–Trinajstić information content (AvgIpc) is 2.99. The van der Waals surface area contributed by atoms with E-state index in [0.717, 1.165) is 17.0 Å². The Hall–Kier alpha value is -3.42. The van der Waals surface area contributed by atoms with Crippen molar-refractivity contribution in [2.75, 3.05) is 0 Å². The number of nitro groups is 1. The van der Waals surface area contributed by atoms with Crippen molar-refractivity contribution in [3.05, 3.63) is 62.6 Å². The smallest absolute Gasteiger partial charge is 0.318 e. The van der Waals surface area contributed by atoms with Crippen molar-refractivity contribution in [1.82, 2.24) is 15.2 Å². The number of hydrogen-bond acceptors (Lipinski definition) is 4. The van der Waals surface area contributed by atoms with Gasteiger partial charge in [0, 0.05) is 23.0 Å². The summed E-state index contributed by atoms with van der Waals surface area (Å²) in [5.41, 5.74) is 3.87. The van der Waals surface area contributed by atoms with Crippen molar-refractivity contribution < 1.29 is 14.5 Å². The van der Waals surface area contributed by atoms with E-state index in [1.807, 2.05) is 30.5 Å². The summed E-state index contributed by atoms with van der Waals surface area (Å²) in [4.78, 5) is 33.7. The van der Waals surface area contributed by atoms with Gasteiger partial charge in [0.25, 0.3) is 11.6 Å². The average molecular weight is 340 g/mol. The molecule has 3 rings (SSSR count). The monoisotopic (exact) mass is 340 g/mol. The van der Waals surface area contributed by atoms with Gasteiger partial charge >= 0.3 is 6.03 Å². The lowest BCUT2D eigenvalue weighted by molar-refractivity contribution is -0.385. The van der Waals surface area contributed by atoms with Gasteiger partial charge in [-0.05, 0) is 44.5 Å². The number of carbonyl (C=O) groups excluding carboxylic acids is 2. The summed E-state index contributed by atoms with van der Waals surface area (Å²) in [6.07, 6.45) is 1.58. The van der Waals surface area contributed by atoms with Crippen molar-refractivity contribution in [2.24, 2.45) is 0 Å². The molecule has 2 N–H and O–H groups in total. The molecular formula is C17H16N4O4. The first-order valence-electron chi connectivity index (χ1n) is 7.56. The van der Waals surface area contributed by atoms with E-state index in [1.54, 1.807) is 19.1 Å². The quantitative estimate of drug-likeness (QED) is 0.387. The largest absolute Gasteiger partial charge is 0.326 e. The van der Waals surface area contributed by atoms with E-state index in [0.29, 0.717) is 11.3 Å². The van der Waals surface area contributed by atoms with Gasteiger partial charge in [0.15, 0.2) is 0 Å². The van der Waals surface area contributed by atoms with Crippen molar-refractivity contribution in [1.29, 1.82) is 0 Å². The molecule has 0 aliphatic carbocycles. The Morgan fingerprint density at radius 3 is 2.44 bits per heavy atom. The number of rotatable bonds is 3. The highest BCUT2D eigenvalue weighted by molar-refractivity contribution is 6.14. The van der Waals surface area contributed by atoms with Crippen LogP contribution in [0.3, 0.4) is 0 Å². The third-order valence-electron chi connectivity index (χ3n) is 4.14. The fourth-order valence-electron chi connectivity index (χ4n) is 2.90. The zero-order chi connectivity index (χ0) is 18.3. The Bertz CT molecular complexity index is 956. The Balaban J connectivity index is 2.08. The molecule has 2 aromatic rings. The first-order chi connectivity index (χ1) is 11.8. The maximum atomic E-state index is 11.7. The van der Waals surface area contributed by atoms with Gasteiger partial charge in [-0.1, -0.05) is 6.07 Å². The summed E-state index contributed by atoms with van der Waals surface area (Å²) < 4.78 is 1.87. The van der Waals surface area contributed by atoms with Crippen LogP contribution in [0.1, 0.15) is 22.5 Å². The minimum absolute atomic E-state index is 0.0485. The number of nitrogens with one attached hydrogen (secondary N) is 2. The van der Waals surface area contributed by atoms with Gasteiger partial charge in [-0.25, -0.2) is 4.79 Å². The Morgan fingerprint density at radius 1 is 1.12 bits per heavy atom. The van der Waals surface area contributed by atoms with E-state index in [4.69, 9.17) is 0 Å². The van der Waals surface area contributed by atoms with Crippen LogP contribution in [0.4, 0.5) is 10.5 Å². The Kier molecular flexibility index (Phi) is 3.88. The minimum atomic E-state index is -0.556. The first-order valence-corrected chi connectivity index (χ1v) is 7.56. The first kappa shape index (κ1) is 16.4. The van der Waals surface area contributed by atoms with E-state index < -0.39 is 16.9 Å². The second-order valence-corrected chi connectivity index (χ2v) is 5.86. The summed E-state index contributed by atoms with van der Waals surface area (Å²) in [6, 6.07) is 6.33. The standard InChI is InChI=1S/C17H16N4O4/c1-9-4-5-13(8-15(9)21(24)25)20-10(2)6-12(11(20)3)7-14-16(22)19-17(23)18-14/h4-8H,1-3H3,(H2,18,19,22,23)/b14-7-. The van der Waals surface area contributed by atoms with E-state index in [-0.39, 0.29) is 11.4 Å². The van der Waals surface area contributed by atoms with Gasteiger partial charge in [0.2, 0.25) is 0 Å². The molecule has 0 unspecified atom stereocenters. The predicted molar refractivity (Wildman–Crippen MR) is 91.3 cm³/mol. The number of benzene rings is 1. The third-order valence-corrected chi connectivity index (χ3v) is 4.14. The molecule has 0 spiro atoms. The van der Waals surface area contributed by atoms with Crippen LogP contribution in [0.2, 0.25) is 0 Å². The van der Waals surface area contributed by atoms with Crippen LogP contribution in [0.25, 0.3) is 11.8 Å². The minimum Gasteiger partial charge on any atom is -0.318 e. The van der Waals surface area contributed by atoms with Crippen LogP contribution in [-0.4, -0.2) is 21.4 Å². The highest BCUT2D eigenvalue weighted by atomic mass is 16.6. The normalized spacial score (nSPS) is 15.4. The number of aromatic nitrogens is 1. The fourth-order valence-corrected chi connectivity index (χ4v) is 2.90. The summed E-state index contributed by atoms with van der Waals surface area (Å²) in [6.45, 7) is 5.41. The van der Waals surface area contributed by atoms with E-state index >= 15 is 0 Å².